The molecule has 0 saturated heterocycles. The Morgan fingerprint density at radius 3 is 1.55 bits per heavy atom. The van der Waals surface area contributed by atoms with Gasteiger partial charge < -0.3 is 9.13 Å². The lowest BCUT2D eigenvalue weighted by Crippen LogP contribution is -1.97. The van der Waals surface area contributed by atoms with Crippen LogP contribution in [0.25, 0.3) is 118 Å². The zero-order valence-electron chi connectivity index (χ0n) is 31.2. The number of hydrogen-bond donors (Lipinski definition) is 0. The van der Waals surface area contributed by atoms with Crippen LogP contribution in [0.15, 0.2) is 194 Å². The first-order valence-corrected chi connectivity index (χ1v) is 21.4. The van der Waals surface area contributed by atoms with Crippen molar-refractivity contribution < 1.29 is 0 Å². The number of fused-ring (bicyclic) bond motifs is 14. The Morgan fingerprint density at radius 1 is 0.310 bits per heavy atom. The second kappa shape index (κ2) is 12.3. The Kier molecular flexibility index (Phi) is 6.79. The molecule has 9 aromatic carbocycles. The van der Waals surface area contributed by atoms with Gasteiger partial charge in [-0.05, 0) is 77.9 Å². The van der Waals surface area contributed by atoms with Crippen molar-refractivity contribution in [2.45, 2.75) is 0 Å². The Hall–Kier alpha value is -6.98. The Morgan fingerprint density at radius 2 is 0.828 bits per heavy atom. The second-order valence-electron chi connectivity index (χ2n) is 15.2. The number of nitrogens with zero attached hydrogens (tertiary/aromatic N) is 2. The maximum Gasteiger partial charge on any atom is 0.0641 e. The fourth-order valence-corrected chi connectivity index (χ4v) is 12.2. The third kappa shape index (κ3) is 4.47. The lowest BCUT2D eigenvalue weighted by Gasteiger charge is -2.15. The molecule has 0 N–H and O–H groups in total. The van der Waals surface area contributed by atoms with Crippen molar-refractivity contribution in [2.24, 2.45) is 0 Å². The van der Waals surface area contributed by atoms with Gasteiger partial charge in [-0.15, -0.1) is 22.7 Å². The lowest BCUT2D eigenvalue weighted by molar-refractivity contribution is 1.17. The van der Waals surface area contributed by atoms with E-state index in [1.807, 2.05) is 22.7 Å². The zero-order valence-corrected chi connectivity index (χ0v) is 32.8. The van der Waals surface area contributed by atoms with Crippen LogP contribution in [0.4, 0.5) is 0 Å². The first kappa shape index (κ1) is 32.1. The molecule has 0 bridgehead atoms. The third-order valence-electron chi connectivity index (χ3n) is 12.1. The molecule has 0 saturated carbocycles. The van der Waals surface area contributed by atoms with Gasteiger partial charge in [-0.3, -0.25) is 0 Å². The van der Waals surface area contributed by atoms with Crippen LogP contribution >= 0.6 is 22.7 Å². The topological polar surface area (TPSA) is 9.86 Å². The first-order chi connectivity index (χ1) is 28.8. The van der Waals surface area contributed by atoms with E-state index in [2.05, 4.69) is 203 Å². The normalized spacial score (nSPS) is 12.1. The van der Waals surface area contributed by atoms with Gasteiger partial charge in [0.2, 0.25) is 0 Å². The van der Waals surface area contributed by atoms with Gasteiger partial charge in [0, 0.05) is 84.4 Å². The summed E-state index contributed by atoms with van der Waals surface area (Å²) in [6, 6.07) is 71.7. The molecule has 13 rings (SSSR count). The van der Waals surface area contributed by atoms with Gasteiger partial charge in [0.15, 0.2) is 0 Å². The number of thiophene rings is 2. The summed E-state index contributed by atoms with van der Waals surface area (Å²) in [6.45, 7) is 0. The summed E-state index contributed by atoms with van der Waals surface area (Å²) in [5.74, 6) is 0. The highest BCUT2D eigenvalue weighted by atomic mass is 32.1. The highest BCUT2D eigenvalue weighted by Gasteiger charge is 2.25. The molecule has 0 amide bonds. The third-order valence-corrected chi connectivity index (χ3v) is 14.5. The van der Waals surface area contributed by atoms with E-state index in [4.69, 9.17) is 0 Å². The minimum atomic E-state index is 1.15. The van der Waals surface area contributed by atoms with Crippen molar-refractivity contribution >= 4 is 107 Å². The molecular weight excluding hydrogens is 741 g/mol. The van der Waals surface area contributed by atoms with E-state index in [0.717, 1.165) is 11.4 Å². The van der Waals surface area contributed by atoms with Crippen LogP contribution < -0.4 is 0 Å². The standard InChI is InChI=1S/C54H32N2S2/c1-3-18-35(19-4-1)55-45-26-11-7-22-37(45)43-31-41(51-49(52(43)55)39-24-8-12-27-46(39)56(51)36-20-5-2-6-21-36)33-16-15-17-34(30-33)42-32-44-38-23-9-13-28-47(38)57-54(44)50-40-25-10-14-29-48(40)58-53(42)50/h1-32H. The summed E-state index contributed by atoms with van der Waals surface area (Å²) in [4.78, 5) is 0. The largest absolute Gasteiger partial charge is 0.309 e. The Bertz CT molecular complexity index is 3790. The van der Waals surface area contributed by atoms with Gasteiger partial charge >= 0.3 is 0 Å². The summed E-state index contributed by atoms with van der Waals surface area (Å²) >= 11 is 3.84. The van der Waals surface area contributed by atoms with Crippen LogP contribution in [0, 0.1) is 0 Å². The molecule has 4 heterocycles. The Balaban J connectivity index is 1.18. The van der Waals surface area contributed by atoms with Crippen LogP contribution in [0.1, 0.15) is 0 Å². The van der Waals surface area contributed by atoms with Gasteiger partial charge in [0.1, 0.15) is 0 Å². The van der Waals surface area contributed by atoms with Crippen LogP contribution in [-0.4, -0.2) is 9.13 Å². The number of rotatable bonds is 4. The van der Waals surface area contributed by atoms with Crippen molar-refractivity contribution in [1.82, 2.24) is 9.13 Å². The van der Waals surface area contributed by atoms with Gasteiger partial charge in [0.05, 0.1) is 22.1 Å². The van der Waals surface area contributed by atoms with E-state index in [-0.39, 0.29) is 0 Å². The van der Waals surface area contributed by atoms with Gasteiger partial charge in [-0.25, -0.2) is 0 Å². The maximum atomic E-state index is 2.49. The molecule has 0 unspecified atom stereocenters. The predicted molar refractivity (Wildman–Crippen MR) is 252 cm³/mol. The zero-order chi connectivity index (χ0) is 37.9. The predicted octanol–water partition coefficient (Wildman–Crippen LogP) is 16.0. The minimum absolute atomic E-state index is 1.15. The molecular formula is C54H32N2S2. The highest BCUT2D eigenvalue weighted by molar-refractivity contribution is 7.30. The SMILES string of the molecule is c1ccc(-n2c3ccccc3c3c2c(-c2cccc(-c4cc5c6ccccc6sc5c5c4sc4ccccc45)c2)cc2c4ccccc4n(-c4ccccc4)c23)cc1. The number of para-hydroxylation sites is 4. The lowest BCUT2D eigenvalue weighted by atomic mass is 9.94. The van der Waals surface area contributed by atoms with Gasteiger partial charge in [-0.1, -0.05) is 127 Å². The van der Waals surface area contributed by atoms with Gasteiger partial charge in [0.25, 0.3) is 0 Å². The van der Waals surface area contributed by atoms with Crippen molar-refractivity contribution in [2.75, 3.05) is 0 Å². The summed E-state index contributed by atoms with van der Waals surface area (Å²) in [5.41, 5.74) is 12.1. The molecule has 4 heteroatoms. The molecule has 13 aromatic rings. The molecule has 0 aliphatic carbocycles. The van der Waals surface area contributed by atoms with Crippen molar-refractivity contribution in [3.63, 3.8) is 0 Å². The van der Waals surface area contributed by atoms with E-state index in [9.17, 15) is 0 Å². The highest BCUT2D eigenvalue weighted by Crippen LogP contribution is 2.50. The summed E-state index contributed by atoms with van der Waals surface area (Å²) in [7, 11) is 0. The van der Waals surface area contributed by atoms with Crippen LogP contribution in [0.2, 0.25) is 0 Å². The smallest absolute Gasteiger partial charge is 0.0641 e. The molecule has 58 heavy (non-hydrogen) atoms. The van der Waals surface area contributed by atoms with Crippen molar-refractivity contribution in [1.29, 1.82) is 0 Å². The fraction of sp³-hybridized carbons (Fsp3) is 0. The van der Waals surface area contributed by atoms with Gasteiger partial charge in [-0.2, -0.15) is 0 Å². The number of hydrogen-bond acceptors (Lipinski definition) is 2. The molecule has 0 radical (unpaired) electrons. The molecule has 0 spiro atoms. The van der Waals surface area contributed by atoms with Crippen LogP contribution in [0.3, 0.4) is 0 Å². The molecule has 0 fully saturated rings. The summed E-state index contributed by atoms with van der Waals surface area (Å²) < 4.78 is 10.4. The molecule has 4 aromatic heterocycles. The molecule has 0 aliphatic heterocycles. The molecule has 270 valence electrons. The maximum absolute atomic E-state index is 2.49. The summed E-state index contributed by atoms with van der Waals surface area (Å²) in [5, 5.41) is 10.4. The second-order valence-corrected chi connectivity index (χ2v) is 17.3. The average molecular weight is 773 g/mol. The summed E-state index contributed by atoms with van der Waals surface area (Å²) in [6.07, 6.45) is 0. The fourth-order valence-electron chi connectivity index (χ4n) is 9.65. The molecule has 0 atom stereocenters. The monoisotopic (exact) mass is 772 g/mol. The minimum Gasteiger partial charge on any atom is -0.309 e. The van der Waals surface area contributed by atoms with Crippen molar-refractivity contribution in [3.8, 4) is 33.6 Å². The molecule has 0 aliphatic rings. The van der Waals surface area contributed by atoms with E-state index < -0.39 is 0 Å². The van der Waals surface area contributed by atoms with Crippen molar-refractivity contribution in [3.05, 3.63) is 194 Å². The van der Waals surface area contributed by atoms with Crippen LogP contribution in [0.5, 0.6) is 0 Å². The van der Waals surface area contributed by atoms with E-state index in [1.165, 1.54) is 106 Å². The van der Waals surface area contributed by atoms with E-state index in [1.54, 1.807) is 0 Å². The first-order valence-electron chi connectivity index (χ1n) is 19.8. The van der Waals surface area contributed by atoms with E-state index >= 15 is 0 Å². The van der Waals surface area contributed by atoms with Crippen LogP contribution in [-0.2, 0) is 0 Å². The number of benzene rings is 9. The Labute approximate surface area is 341 Å². The quantitative estimate of drug-likeness (QED) is 0.169. The van der Waals surface area contributed by atoms with E-state index in [0.29, 0.717) is 0 Å². The number of aromatic nitrogens is 2. The molecule has 2 nitrogen and oxygen atoms in total. The average Bonchev–Trinajstić information content (AvgIpc) is 4.04.